The maximum absolute atomic E-state index is 12.6. The topological polar surface area (TPSA) is 133 Å². The molecule has 0 bridgehead atoms. The molecule has 0 saturated heterocycles. The van der Waals surface area contributed by atoms with Crippen molar-refractivity contribution in [1.29, 1.82) is 0 Å². The van der Waals surface area contributed by atoms with Crippen LogP contribution in [0.3, 0.4) is 0 Å². The van der Waals surface area contributed by atoms with Crippen molar-refractivity contribution in [3.8, 4) is 11.8 Å². The molecule has 2 aromatic heterocycles. The predicted molar refractivity (Wildman–Crippen MR) is 143 cm³/mol. The molecule has 4 N–H and O–H groups in total. The van der Waals surface area contributed by atoms with Crippen LogP contribution in [-0.2, 0) is 4.79 Å². The van der Waals surface area contributed by atoms with E-state index in [0.29, 0.717) is 22.4 Å². The lowest BCUT2D eigenvalue weighted by molar-refractivity contribution is -0.136. The van der Waals surface area contributed by atoms with E-state index >= 15 is 0 Å². The van der Waals surface area contributed by atoms with Crippen LogP contribution in [0.5, 0.6) is 0 Å². The highest BCUT2D eigenvalue weighted by Gasteiger charge is 2.54. The highest BCUT2D eigenvalue weighted by atomic mass is 16.3. The summed E-state index contributed by atoms with van der Waals surface area (Å²) < 4.78 is 1.64. The van der Waals surface area contributed by atoms with E-state index in [1.165, 1.54) is 19.5 Å². The zero-order valence-electron chi connectivity index (χ0n) is 20.9. The van der Waals surface area contributed by atoms with Gasteiger partial charge in [-0.1, -0.05) is 54.5 Å². The zero-order valence-corrected chi connectivity index (χ0v) is 20.9. The van der Waals surface area contributed by atoms with Crippen molar-refractivity contribution >= 4 is 28.9 Å². The predicted octanol–water partition coefficient (Wildman–Crippen LogP) is 2.70. The Hall–Kier alpha value is -4.52. The third-order valence-corrected chi connectivity index (χ3v) is 6.99. The number of benzene rings is 2. The molecule has 4 aromatic rings. The van der Waals surface area contributed by atoms with E-state index < -0.39 is 23.7 Å². The van der Waals surface area contributed by atoms with E-state index in [-0.39, 0.29) is 23.9 Å². The standard InChI is InChI=1S/C29H27N5O4/c1-29(28(38)30-2)16-21(25(36)26(29)37)34-17-31-24-20(15-22(35)19-11-7-4-8-12-19)32-23(33-27(24)34)14-13-18-9-5-3-6-10-18/h3-12,15,17,21,25-26,35-37H,16H2,1-2H3,(H,30,38)/b22-15-/t21-,25+,26+,29?/m1/s1. The van der Waals surface area contributed by atoms with Gasteiger partial charge < -0.3 is 25.2 Å². The fourth-order valence-electron chi connectivity index (χ4n) is 4.85. The average Bonchev–Trinajstić information content (AvgIpc) is 3.47. The van der Waals surface area contributed by atoms with Gasteiger partial charge in [0.05, 0.1) is 29.6 Å². The number of nitrogens with one attached hydrogen (secondary N) is 1. The van der Waals surface area contributed by atoms with Gasteiger partial charge in [-0.05, 0) is 31.4 Å². The van der Waals surface area contributed by atoms with Gasteiger partial charge in [0.25, 0.3) is 0 Å². The van der Waals surface area contributed by atoms with Crippen LogP contribution >= 0.6 is 0 Å². The summed E-state index contributed by atoms with van der Waals surface area (Å²) in [5, 5.41) is 35.1. The molecule has 1 aliphatic rings. The lowest BCUT2D eigenvalue weighted by atomic mass is 9.85. The van der Waals surface area contributed by atoms with Gasteiger partial charge >= 0.3 is 0 Å². The first-order valence-corrected chi connectivity index (χ1v) is 12.2. The third-order valence-electron chi connectivity index (χ3n) is 6.99. The molecule has 1 unspecified atom stereocenters. The van der Waals surface area contributed by atoms with Gasteiger partial charge in [0, 0.05) is 24.3 Å². The molecule has 1 aliphatic carbocycles. The molecule has 2 heterocycles. The maximum atomic E-state index is 12.6. The van der Waals surface area contributed by atoms with Gasteiger partial charge in [-0.3, -0.25) is 4.79 Å². The van der Waals surface area contributed by atoms with Crippen LogP contribution in [-0.4, -0.2) is 60.0 Å². The van der Waals surface area contributed by atoms with E-state index in [2.05, 4.69) is 32.1 Å². The van der Waals surface area contributed by atoms with Gasteiger partial charge in [-0.15, -0.1) is 0 Å². The first kappa shape index (κ1) is 25.1. The van der Waals surface area contributed by atoms with Crippen molar-refractivity contribution in [3.05, 3.63) is 89.6 Å². The lowest BCUT2D eigenvalue weighted by Crippen LogP contribution is -2.45. The molecular formula is C29H27N5O4. The highest BCUT2D eigenvalue weighted by molar-refractivity contribution is 5.87. The van der Waals surface area contributed by atoms with Crippen LogP contribution in [0.2, 0.25) is 0 Å². The number of aromatic nitrogens is 4. The summed E-state index contributed by atoms with van der Waals surface area (Å²) in [6, 6.07) is 17.7. The molecule has 0 spiro atoms. The Labute approximate surface area is 219 Å². The van der Waals surface area contributed by atoms with Crippen molar-refractivity contribution in [2.24, 2.45) is 5.41 Å². The molecule has 0 radical (unpaired) electrons. The molecule has 5 rings (SSSR count). The minimum absolute atomic E-state index is 0.00867. The molecule has 1 fully saturated rings. The molecule has 0 aliphatic heterocycles. The smallest absolute Gasteiger partial charge is 0.228 e. The van der Waals surface area contributed by atoms with E-state index in [4.69, 9.17) is 0 Å². The lowest BCUT2D eigenvalue weighted by Gasteiger charge is -2.26. The number of fused-ring (bicyclic) bond motifs is 1. The number of aliphatic hydroxyl groups excluding tert-OH is 3. The minimum atomic E-state index is -1.29. The van der Waals surface area contributed by atoms with Crippen LogP contribution in [0.1, 0.15) is 42.0 Å². The van der Waals surface area contributed by atoms with Crippen molar-refractivity contribution in [2.45, 2.75) is 31.6 Å². The van der Waals surface area contributed by atoms with Gasteiger partial charge in [0.15, 0.2) is 5.65 Å². The molecule has 9 heteroatoms. The van der Waals surface area contributed by atoms with Crippen LogP contribution in [0.25, 0.3) is 23.0 Å². The summed E-state index contributed by atoms with van der Waals surface area (Å²) >= 11 is 0. The van der Waals surface area contributed by atoms with Crippen molar-refractivity contribution < 1.29 is 20.1 Å². The summed E-state index contributed by atoms with van der Waals surface area (Å²) in [4.78, 5) is 26.2. The Kier molecular flexibility index (Phi) is 6.68. The Morgan fingerprint density at radius 1 is 1.08 bits per heavy atom. The second-order valence-electron chi connectivity index (χ2n) is 9.47. The van der Waals surface area contributed by atoms with Gasteiger partial charge in [0.1, 0.15) is 17.4 Å². The second-order valence-corrected chi connectivity index (χ2v) is 9.47. The highest BCUT2D eigenvalue weighted by Crippen LogP contribution is 2.45. The summed E-state index contributed by atoms with van der Waals surface area (Å²) in [5.74, 6) is 5.84. The van der Waals surface area contributed by atoms with E-state index in [1.807, 2.05) is 48.5 Å². The average molecular weight is 510 g/mol. The largest absolute Gasteiger partial charge is 0.507 e. The quantitative estimate of drug-likeness (QED) is 0.246. The van der Waals surface area contributed by atoms with Gasteiger partial charge in [-0.2, -0.15) is 0 Å². The number of rotatable bonds is 4. The van der Waals surface area contributed by atoms with Crippen LogP contribution in [0.4, 0.5) is 0 Å². The van der Waals surface area contributed by atoms with E-state index in [1.54, 1.807) is 23.6 Å². The SMILES string of the molecule is CNC(=O)C1(C)C[C@@H](n2cnc3c(/C=C(\O)c4ccccc4)nc(C#Cc4ccccc4)nc32)[C@H](O)[C@@H]1O. The fraction of sp³-hybridized carbons (Fsp3) is 0.241. The second kappa shape index (κ2) is 10.1. The van der Waals surface area contributed by atoms with Gasteiger partial charge in [-0.25, -0.2) is 15.0 Å². The van der Waals surface area contributed by atoms with Crippen molar-refractivity contribution in [3.63, 3.8) is 0 Å². The van der Waals surface area contributed by atoms with E-state index in [9.17, 15) is 20.1 Å². The Morgan fingerprint density at radius 2 is 1.76 bits per heavy atom. The molecule has 2 aromatic carbocycles. The molecule has 4 atom stereocenters. The van der Waals surface area contributed by atoms with E-state index in [0.717, 1.165) is 5.56 Å². The Morgan fingerprint density at radius 3 is 2.45 bits per heavy atom. The Bertz CT molecular complexity index is 1570. The van der Waals surface area contributed by atoms with Crippen molar-refractivity contribution in [1.82, 2.24) is 24.8 Å². The summed E-state index contributed by atoms with van der Waals surface area (Å²) in [6.45, 7) is 1.62. The molecule has 1 saturated carbocycles. The maximum Gasteiger partial charge on any atom is 0.228 e. The van der Waals surface area contributed by atoms with Crippen LogP contribution < -0.4 is 5.32 Å². The summed E-state index contributed by atoms with van der Waals surface area (Å²) in [5.41, 5.74) is 1.27. The number of hydrogen-bond acceptors (Lipinski definition) is 7. The molecule has 9 nitrogen and oxygen atoms in total. The van der Waals surface area contributed by atoms with Crippen molar-refractivity contribution in [2.75, 3.05) is 7.05 Å². The summed E-state index contributed by atoms with van der Waals surface area (Å²) in [6.07, 6.45) is 0.640. The Balaban J connectivity index is 1.64. The normalized spacial score (nSPS) is 23.2. The number of carbonyl (C=O) groups excluding carboxylic acids is 1. The molecule has 192 valence electrons. The molecular weight excluding hydrogens is 482 g/mol. The number of imidazole rings is 1. The number of hydrogen-bond donors (Lipinski definition) is 4. The number of amides is 1. The number of aliphatic hydroxyl groups is 3. The zero-order chi connectivity index (χ0) is 26.9. The van der Waals surface area contributed by atoms with Crippen LogP contribution in [0.15, 0.2) is 67.0 Å². The number of carbonyl (C=O) groups is 1. The first-order chi connectivity index (χ1) is 18.3. The molecule has 1 amide bonds. The third kappa shape index (κ3) is 4.52. The fourth-order valence-corrected chi connectivity index (χ4v) is 4.85. The monoisotopic (exact) mass is 509 g/mol. The number of nitrogens with zero attached hydrogens (tertiary/aromatic N) is 4. The minimum Gasteiger partial charge on any atom is -0.507 e. The van der Waals surface area contributed by atoms with Crippen LogP contribution in [0, 0.1) is 17.3 Å². The molecule has 38 heavy (non-hydrogen) atoms. The van der Waals surface area contributed by atoms with Gasteiger partial charge in [0.2, 0.25) is 11.7 Å². The summed E-state index contributed by atoms with van der Waals surface area (Å²) in [7, 11) is 1.50. The first-order valence-electron chi connectivity index (χ1n) is 12.2.